The summed E-state index contributed by atoms with van der Waals surface area (Å²) in [5.74, 6) is 1.01. The second-order valence-electron chi connectivity index (χ2n) is 5.89. The van der Waals surface area contributed by atoms with Gasteiger partial charge < -0.3 is 9.47 Å². The molecule has 3 rings (SSSR count). The van der Waals surface area contributed by atoms with Crippen LogP contribution in [0.15, 0.2) is 24.3 Å². The quantitative estimate of drug-likeness (QED) is 0.812. The van der Waals surface area contributed by atoms with Gasteiger partial charge in [-0.3, -0.25) is 4.90 Å². The molecule has 0 N–H and O–H groups in total. The molecule has 3 heteroatoms. The molecule has 2 aliphatic rings. The van der Waals surface area contributed by atoms with Gasteiger partial charge in [-0.05, 0) is 36.0 Å². The van der Waals surface area contributed by atoms with Crippen LogP contribution in [0.3, 0.4) is 0 Å². The third kappa shape index (κ3) is 3.28. The molecule has 0 bridgehead atoms. The standard InChI is InChI=1S/C16H23NO2/c1-16(5-6-16)14-3-2-4-15(13-14)19-12-9-17-7-10-18-11-8-17/h2-4,13H,5-12H2,1H3. The van der Waals surface area contributed by atoms with Gasteiger partial charge in [0, 0.05) is 19.6 Å². The fraction of sp³-hybridized carbons (Fsp3) is 0.625. The van der Waals surface area contributed by atoms with Crippen molar-refractivity contribution in [1.82, 2.24) is 4.90 Å². The van der Waals surface area contributed by atoms with Gasteiger partial charge in [0.05, 0.1) is 13.2 Å². The summed E-state index contributed by atoms with van der Waals surface area (Å²) in [5, 5.41) is 0. The first-order valence-electron chi connectivity index (χ1n) is 7.30. The van der Waals surface area contributed by atoms with E-state index in [0.29, 0.717) is 5.41 Å². The molecule has 1 heterocycles. The Bertz CT molecular complexity index is 423. The topological polar surface area (TPSA) is 21.7 Å². The fourth-order valence-electron chi connectivity index (χ4n) is 2.55. The molecule has 1 saturated heterocycles. The molecule has 0 amide bonds. The first kappa shape index (κ1) is 12.9. The number of hydrogen-bond donors (Lipinski definition) is 0. The smallest absolute Gasteiger partial charge is 0.119 e. The van der Waals surface area contributed by atoms with E-state index in [2.05, 4.69) is 36.1 Å². The van der Waals surface area contributed by atoms with Gasteiger partial charge >= 0.3 is 0 Å². The monoisotopic (exact) mass is 261 g/mol. The molecule has 0 atom stereocenters. The van der Waals surface area contributed by atoms with Crippen molar-refractivity contribution < 1.29 is 9.47 Å². The van der Waals surface area contributed by atoms with E-state index in [-0.39, 0.29) is 0 Å². The highest BCUT2D eigenvalue weighted by molar-refractivity contribution is 5.36. The maximum absolute atomic E-state index is 5.89. The third-order valence-electron chi connectivity index (χ3n) is 4.31. The van der Waals surface area contributed by atoms with Crippen molar-refractivity contribution in [2.45, 2.75) is 25.2 Å². The molecule has 19 heavy (non-hydrogen) atoms. The summed E-state index contributed by atoms with van der Waals surface area (Å²) in [5.41, 5.74) is 1.85. The fourth-order valence-corrected chi connectivity index (χ4v) is 2.55. The number of benzene rings is 1. The molecule has 1 saturated carbocycles. The Kier molecular flexibility index (Phi) is 3.76. The highest BCUT2D eigenvalue weighted by Crippen LogP contribution is 2.48. The zero-order valence-corrected chi connectivity index (χ0v) is 11.7. The van der Waals surface area contributed by atoms with Crippen molar-refractivity contribution in [3.05, 3.63) is 29.8 Å². The highest BCUT2D eigenvalue weighted by Gasteiger charge is 2.38. The summed E-state index contributed by atoms with van der Waals surface area (Å²) >= 11 is 0. The lowest BCUT2D eigenvalue weighted by Gasteiger charge is -2.26. The molecule has 0 unspecified atom stereocenters. The van der Waals surface area contributed by atoms with E-state index >= 15 is 0 Å². The molecule has 1 aliphatic carbocycles. The maximum Gasteiger partial charge on any atom is 0.119 e. The number of hydrogen-bond acceptors (Lipinski definition) is 3. The van der Waals surface area contributed by atoms with E-state index in [1.165, 1.54) is 18.4 Å². The lowest BCUT2D eigenvalue weighted by molar-refractivity contribution is 0.0322. The highest BCUT2D eigenvalue weighted by atomic mass is 16.5. The zero-order valence-electron chi connectivity index (χ0n) is 11.7. The Hall–Kier alpha value is -1.06. The predicted molar refractivity (Wildman–Crippen MR) is 75.8 cm³/mol. The van der Waals surface area contributed by atoms with Crippen molar-refractivity contribution in [2.75, 3.05) is 39.5 Å². The Morgan fingerprint density at radius 2 is 2.05 bits per heavy atom. The van der Waals surface area contributed by atoms with Crippen molar-refractivity contribution >= 4 is 0 Å². The van der Waals surface area contributed by atoms with Crippen molar-refractivity contribution in [2.24, 2.45) is 0 Å². The van der Waals surface area contributed by atoms with Crippen LogP contribution in [-0.4, -0.2) is 44.4 Å². The second kappa shape index (κ2) is 5.51. The summed E-state index contributed by atoms with van der Waals surface area (Å²) in [6.45, 7) is 7.86. The number of nitrogens with zero attached hydrogens (tertiary/aromatic N) is 1. The average Bonchev–Trinajstić information content (AvgIpc) is 3.20. The largest absolute Gasteiger partial charge is 0.492 e. The second-order valence-corrected chi connectivity index (χ2v) is 5.89. The van der Waals surface area contributed by atoms with Crippen LogP contribution in [0.1, 0.15) is 25.3 Å². The van der Waals surface area contributed by atoms with Gasteiger partial charge in [-0.15, -0.1) is 0 Å². The zero-order chi connectivity index (χ0) is 13.1. The van der Waals surface area contributed by atoms with Crippen molar-refractivity contribution in [3.8, 4) is 5.75 Å². The number of rotatable bonds is 5. The summed E-state index contributed by atoms with van der Waals surface area (Å²) in [7, 11) is 0. The van der Waals surface area contributed by atoms with Crippen LogP contribution >= 0.6 is 0 Å². The van der Waals surface area contributed by atoms with Crippen molar-refractivity contribution in [3.63, 3.8) is 0 Å². The predicted octanol–water partition coefficient (Wildman–Crippen LogP) is 2.45. The molecule has 0 aromatic heterocycles. The van der Waals surface area contributed by atoms with E-state index in [1.807, 2.05) is 0 Å². The molecule has 104 valence electrons. The van der Waals surface area contributed by atoms with Crippen LogP contribution in [0.25, 0.3) is 0 Å². The van der Waals surface area contributed by atoms with Gasteiger partial charge in [0.15, 0.2) is 0 Å². The molecular weight excluding hydrogens is 238 g/mol. The minimum absolute atomic E-state index is 0.420. The molecule has 1 aromatic rings. The van der Waals surface area contributed by atoms with Gasteiger partial charge in [0.2, 0.25) is 0 Å². The van der Waals surface area contributed by atoms with Crippen LogP contribution in [0, 0.1) is 0 Å². The average molecular weight is 261 g/mol. The first-order chi connectivity index (χ1) is 9.26. The first-order valence-corrected chi connectivity index (χ1v) is 7.30. The number of ether oxygens (including phenoxy) is 2. The van der Waals surface area contributed by atoms with Gasteiger partial charge in [0.1, 0.15) is 12.4 Å². The van der Waals surface area contributed by atoms with Crippen LogP contribution < -0.4 is 4.74 Å². The van der Waals surface area contributed by atoms with E-state index in [0.717, 1.165) is 45.2 Å². The Morgan fingerprint density at radius 3 is 2.79 bits per heavy atom. The minimum atomic E-state index is 0.420. The molecule has 1 aliphatic heterocycles. The normalized spacial score (nSPS) is 22.2. The number of morpholine rings is 1. The van der Waals surface area contributed by atoms with Gasteiger partial charge in [-0.2, -0.15) is 0 Å². The van der Waals surface area contributed by atoms with E-state index in [4.69, 9.17) is 9.47 Å². The molecule has 0 spiro atoms. The van der Waals surface area contributed by atoms with Crippen LogP contribution in [0.5, 0.6) is 5.75 Å². The lowest BCUT2D eigenvalue weighted by atomic mass is 9.98. The Morgan fingerprint density at radius 1 is 1.26 bits per heavy atom. The van der Waals surface area contributed by atoms with Gasteiger partial charge in [-0.1, -0.05) is 19.1 Å². The van der Waals surface area contributed by atoms with Crippen LogP contribution in [0.4, 0.5) is 0 Å². The van der Waals surface area contributed by atoms with Crippen molar-refractivity contribution in [1.29, 1.82) is 0 Å². The molecule has 1 aromatic carbocycles. The summed E-state index contributed by atoms with van der Waals surface area (Å²) in [6, 6.07) is 8.62. The lowest BCUT2D eigenvalue weighted by Crippen LogP contribution is -2.38. The van der Waals surface area contributed by atoms with Gasteiger partial charge in [0.25, 0.3) is 0 Å². The van der Waals surface area contributed by atoms with E-state index in [9.17, 15) is 0 Å². The summed E-state index contributed by atoms with van der Waals surface area (Å²) < 4.78 is 11.2. The van der Waals surface area contributed by atoms with Gasteiger partial charge in [-0.25, -0.2) is 0 Å². The molecular formula is C16H23NO2. The SMILES string of the molecule is CC1(c2cccc(OCCN3CCOCC3)c2)CC1. The molecule has 0 radical (unpaired) electrons. The molecule has 2 fully saturated rings. The van der Waals surface area contributed by atoms with E-state index < -0.39 is 0 Å². The minimum Gasteiger partial charge on any atom is -0.492 e. The van der Waals surface area contributed by atoms with Crippen LogP contribution in [0.2, 0.25) is 0 Å². The summed E-state index contributed by atoms with van der Waals surface area (Å²) in [4.78, 5) is 2.40. The van der Waals surface area contributed by atoms with E-state index in [1.54, 1.807) is 0 Å². The maximum atomic E-state index is 5.89. The molecule has 3 nitrogen and oxygen atoms in total. The summed E-state index contributed by atoms with van der Waals surface area (Å²) in [6.07, 6.45) is 2.62. The third-order valence-corrected chi connectivity index (χ3v) is 4.31. The Balaban J connectivity index is 1.49. The van der Waals surface area contributed by atoms with Crippen LogP contribution in [-0.2, 0) is 10.2 Å². The Labute approximate surface area is 115 Å².